The van der Waals surface area contributed by atoms with Gasteiger partial charge in [0.2, 0.25) is 0 Å². The summed E-state index contributed by atoms with van der Waals surface area (Å²) in [7, 11) is 0. The highest BCUT2D eigenvalue weighted by Crippen LogP contribution is 2.23. The largest absolute Gasteiger partial charge is 0.0951 e. The fourth-order valence-corrected chi connectivity index (χ4v) is 1.25. The van der Waals surface area contributed by atoms with Crippen molar-refractivity contribution in [3.05, 3.63) is 12.7 Å². The van der Waals surface area contributed by atoms with Crippen LogP contribution in [-0.4, -0.2) is 0 Å². The topological polar surface area (TPSA) is 0 Å². The normalized spacial score (nSPS) is 18.7. The van der Waals surface area contributed by atoms with Crippen molar-refractivity contribution in [3.63, 3.8) is 0 Å². The highest BCUT2D eigenvalue weighted by molar-refractivity contribution is 5.14. The van der Waals surface area contributed by atoms with E-state index in [9.17, 15) is 0 Å². The fraction of sp³-hybridized carbons (Fsp3) is 0.556. The number of hydrogen-bond donors (Lipinski definition) is 0. The molecule has 1 fully saturated rings. The molecule has 0 aliphatic heterocycles. The van der Waals surface area contributed by atoms with Crippen LogP contribution < -0.4 is 0 Å². The zero-order chi connectivity index (χ0) is 6.53. The van der Waals surface area contributed by atoms with Crippen molar-refractivity contribution in [3.8, 4) is 11.8 Å². The predicted octanol–water partition coefficient (Wildman–Crippen LogP) is 2.37. The first kappa shape index (κ1) is 6.42. The number of allylic oxidation sites excluding steroid dienone is 1. The van der Waals surface area contributed by atoms with Crippen LogP contribution in [0.25, 0.3) is 0 Å². The third-order valence-corrected chi connectivity index (χ3v) is 1.74. The molecule has 1 aliphatic rings. The van der Waals surface area contributed by atoms with Crippen LogP contribution in [0.5, 0.6) is 0 Å². The summed E-state index contributed by atoms with van der Waals surface area (Å²) in [5.74, 6) is 6.75. The monoisotopic (exact) mass is 120 g/mol. The zero-order valence-electron chi connectivity index (χ0n) is 5.69. The summed E-state index contributed by atoms with van der Waals surface area (Å²) in [5, 5.41) is 0. The maximum Gasteiger partial charge on any atom is 0.0206 e. The van der Waals surface area contributed by atoms with Crippen LogP contribution in [0.2, 0.25) is 0 Å². The van der Waals surface area contributed by atoms with E-state index in [0.29, 0.717) is 5.92 Å². The molecule has 0 atom stereocenters. The number of rotatable bonds is 0. The molecule has 0 saturated heterocycles. The summed E-state index contributed by atoms with van der Waals surface area (Å²) >= 11 is 0. The highest BCUT2D eigenvalue weighted by atomic mass is 14.1. The quantitative estimate of drug-likeness (QED) is 0.430. The van der Waals surface area contributed by atoms with Crippen LogP contribution in [0.1, 0.15) is 25.7 Å². The molecule has 0 nitrogen and oxygen atoms in total. The van der Waals surface area contributed by atoms with Crippen LogP contribution >= 0.6 is 0 Å². The minimum absolute atomic E-state index is 0.683. The molecule has 0 heterocycles. The highest BCUT2D eigenvalue weighted by Gasteiger charge is 2.10. The Balaban J connectivity index is 2.34. The molecular weight excluding hydrogens is 108 g/mol. The van der Waals surface area contributed by atoms with Gasteiger partial charge in [0.15, 0.2) is 0 Å². The van der Waals surface area contributed by atoms with Crippen molar-refractivity contribution in [2.75, 3.05) is 0 Å². The Kier molecular flexibility index (Phi) is 2.39. The SMILES string of the molecule is C=CC#CC1CCCC1. The summed E-state index contributed by atoms with van der Waals surface area (Å²) < 4.78 is 0. The van der Waals surface area contributed by atoms with Gasteiger partial charge in [-0.25, -0.2) is 0 Å². The molecule has 9 heavy (non-hydrogen) atoms. The number of hydrogen-bond acceptors (Lipinski definition) is 0. The maximum atomic E-state index is 3.55. The standard InChI is InChI=1S/C9H12/c1-2-3-6-9-7-4-5-8-9/h2,9H,1,4-5,7-8H2. The zero-order valence-corrected chi connectivity index (χ0v) is 5.69. The van der Waals surface area contributed by atoms with Gasteiger partial charge in [-0.05, 0) is 18.9 Å². The third-order valence-electron chi connectivity index (χ3n) is 1.74. The first-order chi connectivity index (χ1) is 4.43. The van der Waals surface area contributed by atoms with Crippen molar-refractivity contribution in [2.45, 2.75) is 25.7 Å². The van der Waals surface area contributed by atoms with E-state index in [1.807, 2.05) is 0 Å². The molecule has 0 aromatic rings. The maximum absolute atomic E-state index is 3.55. The molecule has 0 spiro atoms. The lowest BCUT2D eigenvalue weighted by Gasteiger charge is -1.92. The van der Waals surface area contributed by atoms with Crippen LogP contribution in [0.3, 0.4) is 0 Å². The lowest BCUT2D eigenvalue weighted by molar-refractivity contribution is 0.712. The summed E-state index contributed by atoms with van der Waals surface area (Å²) in [6, 6.07) is 0. The Bertz CT molecular complexity index is 139. The average Bonchev–Trinajstić information content (AvgIpc) is 2.34. The van der Waals surface area contributed by atoms with Gasteiger partial charge in [0.1, 0.15) is 0 Å². The van der Waals surface area contributed by atoms with Gasteiger partial charge in [-0.2, -0.15) is 0 Å². The van der Waals surface area contributed by atoms with Crippen molar-refractivity contribution < 1.29 is 0 Å². The minimum atomic E-state index is 0.683. The average molecular weight is 120 g/mol. The lowest BCUT2D eigenvalue weighted by Crippen LogP contribution is -1.84. The van der Waals surface area contributed by atoms with Crippen molar-refractivity contribution in [1.82, 2.24) is 0 Å². The second-order valence-corrected chi connectivity index (χ2v) is 2.47. The molecule has 0 amide bonds. The molecule has 1 aliphatic carbocycles. The van der Waals surface area contributed by atoms with Crippen LogP contribution in [-0.2, 0) is 0 Å². The second-order valence-electron chi connectivity index (χ2n) is 2.47. The van der Waals surface area contributed by atoms with Gasteiger partial charge in [-0.3, -0.25) is 0 Å². The first-order valence-electron chi connectivity index (χ1n) is 3.55. The van der Waals surface area contributed by atoms with E-state index in [2.05, 4.69) is 18.4 Å². The van der Waals surface area contributed by atoms with Crippen LogP contribution in [0.4, 0.5) is 0 Å². The third kappa shape index (κ3) is 1.93. The van der Waals surface area contributed by atoms with Crippen molar-refractivity contribution >= 4 is 0 Å². The van der Waals surface area contributed by atoms with Crippen molar-refractivity contribution in [2.24, 2.45) is 5.92 Å². The molecular formula is C9H12. The molecule has 1 saturated carbocycles. The van der Waals surface area contributed by atoms with E-state index < -0.39 is 0 Å². The summed E-state index contributed by atoms with van der Waals surface area (Å²) in [6.45, 7) is 3.55. The van der Waals surface area contributed by atoms with Gasteiger partial charge in [-0.1, -0.05) is 31.3 Å². The molecule has 48 valence electrons. The molecule has 0 radical (unpaired) electrons. The Hall–Kier alpha value is -0.700. The molecule has 1 rings (SSSR count). The van der Waals surface area contributed by atoms with Gasteiger partial charge in [0, 0.05) is 5.92 Å². The molecule has 0 aromatic heterocycles. The Labute approximate surface area is 57.0 Å². The molecule has 0 bridgehead atoms. The Morgan fingerprint density at radius 2 is 2.00 bits per heavy atom. The van der Waals surface area contributed by atoms with E-state index in [4.69, 9.17) is 0 Å². The van der Waals surface area contributed by atoms with Gasteiger partial charge < -0.3 is 0 Å². The van der Waals surface area contributed by atoms with Crippen LogP contribution in [0.15, 0.2) is 12.7 Å². The second kappa shape index (κ2) is 3.35. The van der Waals surface area contributed by atoms with E-state index >= 15 is 0 Å². The molecule has 0 N–H and O–H groups in total. The Morgan fingerprint density at radius 1 is 1.33 bits per heavy atom. The summed E-state index contributed by atoms with van der Waals surface area (Å²) in [6.07, 6.45) is 7.03. The van der Waals surface area contributed by atoms with Crippen molar-refractivity contribution in [1.29, 1.82) is 0 Å². The Morgan fingerprint density at radius 3 is 2.56 bits per heavy atom. The lowest BCUT2D eigenvalue weighted by atomic mass is 10.1. The smallest absolute Gasteiger partial charge is 0.0206 e. The van der Waals surface area contributed by atoms with Gasteiger partial charge >= 0.3 is 0 Å². The van der Waals surface area contributed by atoms with E-state index in [1.54, 1.807) is 6.08 Å². The van der Waals surface area contributed by atoms with Gasteiger partial charge in [0.05, 0.1) is 0 Å². The summed E-state index contributed by atoms with van der Waals surface area (Å²) in [4.78, 5) is 0. The summed E-state index contributed by atoms with van der Waals surface area (Å²) in [5.41, 5.74) is 0. The molecule has 0 heteroatoms. The van der Waals surface area contributed by atoms with Gasteiger partial charge in [-0.15, -0.1) is 0 Å². The predicted molar refractivity (Wildman–Crippen MR) is 39.9 cm³/mol. The molecule has 0 unspecified atom stereocenters. The fourth-order valence-electron chi connectivity index (χ4n) is 1.25. The van der Waals surface area contributed by atoms with Gasteiger partial charge in [0.25, 0.3) is 0 Å². The van der Waals surface area contributed by atoms with E-state index in [1.165, 1.54) is 25.7 Å². The van der Waals surface area contributed by atoms with Crippen LogP contribution in [0, 0.1) is 17.8 Å². The van der Waals surface area contributed by atoms with E-state index in [-0.39, 0.29) is 0 Å². The first-order valence-corrected chi connectivity index (χ1v) is 3.55. The minimum Gasteiger partial charge on any atom is -0.0951 e. The van der Waals surface area contributed by atoms with E-state index in [0.717, 1.165) is 0 Å². The molecule has 0 aromatic carbocycles.